The molecule has 1 aliphatic heterocycles. The molecule has 1 aliphatic rings. The molecule has 0 bridgehead atoms. The number of rotatable bonds is 3. The van der Waals surface area contributed by atoms with E-state index >= 15 is 0 Å². The van der Waals surface area contributed by atoms with Crippen molar-refractivity contribution in [1.29, 1.82) is 0 Å². The number of carbonyl (C=O) groups is 1. The summed E-state index contributed by atoms with van der Waals surface area (Å²) >= 11 is 5.88. The molecule has 21 heavy (non-hydrogen) atoms. The van der Waals surface area contributed by atoms with Gasteiger partial charge in [0.15, 0.2) is 0 Å². The van der Waals surface area contributed by atoms with Crippen molar-refractivity contribution in [3.63, 3.8) is 0 Å². The number of nitrogens with zero attached hydrogens (tertiary/aromatic N) is 1. The standard InChI is InChI=1S/C13H14ClF3N2O2/c14-10-1-2-11(18-12(20)13(15,16)17)9(7-10)8-19-3-5-21-6-4-19/h1-2,7H,3-6,8H2,(H,18,20). The third-order valence-electron chi connectivity index (χ3n) is 3.07. The highest BCUT2D eigenvalue weighted by Crippen LogP contribution is 2.25. The van der Waals surface area contributed by atoms with E-state index in [0.717, 1.165) is 0 Å². The Labute approximate surface area is 124 Å². The fourth-order valence-corrected chi connectivity index (χ4v) is 2.20. The Hall–Kier alpha value is -1.31. The Kier molecular flexibility index (Phi) is 5.08. The molecule has 1 aromatic carbocycles. The molecule has 0 aromatic heterocycles. The fraction of sp³-hybridized carbons (Fsp3) is 0.462. The van der Waals surface area contributed by atoms with Gasteiger partial charge >= 0.3 is 12.1 Å². The van der Waals surface area contributed by atoms with Crippen LogP contribution in [0.2, 0.25) is 5.02 Å². The van der Waals surface area contributed by atoms with Crippen LogP contribution < -0.4 is 5.32 Å². The molecule has 2 rings (SSSR count). The van der Waals surface area contributed by atoms with E-state index in [4.69, 9.17) is 16.3 Å². The van der Waals surface area contributed by atoms with Gasteiger partial charge in [0, 0.05) is 30.3 Å². The van der Waals surface area contributed by atoms with Crippen LogP contribution in [0, 0.1) is 0 Å². The number of anilines is 1. The van der Waals surface area contributed by atoms with Gasteiger partial charge in [-0.15, -0.1) is 0 Å². The number of hydrogen-bond acceptors (Lipinski definition) is 3. The van der Waals surface area contributed by atoms with Gasteiger partial charge in [0.05, 0.1) is 13.2 Å². The molecule has 1 fully saturated rings. The maximum atomic E-state index is 12.3. The number of nitrogens with one attached hydrogen (secondary N) is 1. The Morgan fingerprint density at radius 2 is 2.00 bits per heavy atom. The number of morpholine rings is 1. The van der Waals surface area contributed by atoms with Gasteiger partial charge < -0.3 is 10.1 Å². The summed E-state index contributed by atoms with van der Waals surface area (Å²) in [6.45, 7) is 2.91. The molecular formula is C13H14ClF3N2O2. The predicted octanol–water partition coefficient (Wildman–Crippen LogP) is 2.67. The molecule has 4 nitrogen and oxygen atoms in total. The highest BCUT2D eigenvalue weighted by Gasteiger charge is 2.39. The molecule has 1 saturated heterocycles. The molecule has 0 aliphatic carbocycles. The largest absolute Gasteiger partial charge is 0.471 e. The zero-order valence-electron chi connectivity index (χ0n) is 11.0. The minimum atomic E-state index is -4.92. The van der Waals surface area contributed by atoms with Crippen LogP contribution in [0.1, 0.15) is 5.56 Å². The van der Waals surface area contributed by atoms with E-state index in [2.05, 4.69) is 0 Å². The summed E-state index contributed by atoms with van der Waals surface area (Å²) in [6.07, 6.45) is -4.92. The molecule has 0 atom stereocenters. The zero-order valence-corrected chi connectivity index (χ0v) is 11.8. The Morgan fingerprint density at radius 3 is 2.62 bits per heavy atom. The minimum Gasteiger partial charge on any atom is -0.379 e. The molecule has 0 spiro atoms. The lowest BCUT2D eigenvalue weighted by Gasteiger charge is -2.27. The third-order valence-corrected chi connectivity index (χ3v) is 3.31. The van der Waals surface area contributed by atoms with E-state index in [1.54, 1.807) is 6.07 Å². The molecule has 1 amide bonds. The van der Waals surface area contributed by atoms with Crippen molar-refractivity contribution < 1.29 is 22.7 Å². The Morgan fingerprint density at radius 1 is 1.33 bits per heavy atom. The van der Waals surface area contributed by atoms with Crippen molar-refractivity contribution in [2.75, 3.05) is 31.6 Å². The quantitative estimate of drug-likeness (QED) is 0.930. The first-order valence-electron chi connectivity index (χ1n) is 6.33. The number of benzene rings is 1. The molecule has 1 heterocycles. The van der Waals surface area contributed by atoms with Crippen molar-refractivity contribution in [2.45, 2.75) is 12.7 Å². The second-order valence-corrected chi connectivity index (χ2v) is 5.08. The average Bonchev–Trinajstić information content (AvgIpc) is 2.42. The molecule has 0 unspecified atom stereocenters. The first-order chi connectivity index (χ1) is 9.86. The summed E-state index contributed by atoms with van der Waals surface area (Å²) in [4.78, 5) is 13.1. The molecular weight excluding hydrogens is 309 g/mol. The highest BCUT2D eigenvalue weighted by molar-refractivity contribution is 6.30. The second-order valence-electron chi connectivity index (χ2n) is 4.64. The number of carbonyl (C=O) groups excluding carboxylic acids is 1. The summed E-state index contributed by atoms with van der Waals surface area (Å²) in [5.41, 5.74) is 0.662. The van der Waals surface area contributed by atoms with Crippen LogP contribution in [0.3, 0.4) is 0 Å². The summed E-state index contributed by atoms with van der Waals surface area (Å²) in [7, 11) is 0. The molecule has 0 saturated carbocycles. The summed E-state index contributed by atoms with van der Waals surface area (Å²) in [5, 5.41) is 2.29. The van der Waals surface area contributed by atoms with Gasteiger partial charge in [-0.05, 0) is 23.8 Å². The maximum absolute atomic E-state index is 12.3. The van der Waals surface area contributed by atoms with E-state index < -0.39 is 12.1 Å². The fourth-order valence-electron chi connectivity index (χ4n) is 2.01. The third kappa shape index (κ3) is 4.59. The molecule has 0 radical (unpaired) electrons. The van der Waals surface area contributed by atoms with Crippen LogP contribution in [0.5, 0.6) is 0 Å². The summed E-state index contributed by atoms with van der Waals surface area (Å²) in [6, 6.07) is 4.38. The molecule has 1 N–H and O–H groups in total. The lowest BCUT2D eigenvalue weighted by Crippen LogP contribution is -2.36. The Bertz CT molecular complexity index is 517. The van der Waals surface area contributed by atoms with Gasteiger partial charge in [0.1, 0.15) is 0 Å². The van der Waals surface area contributed by atoms with E-state index in [0.29, 0.717) is 43.4 Å². The summed E-state index contributed by atoms with van der Waals surface area (Å²) in [5.74, 6) is -1.99. The van der Waals surface area contributed by atoms with E-state index in [9.17, 15) is 18.0 Å². The van der Waals surface area contributed by atoms with E-state index in [1.807, 2.05) is 10.2 Å². The van der Waals surface area contributed by atoms with Gasteiger partial charge in [0.25, 0.3) is 0 Å². The molecule has 8 heteroatoms. The van der Waals surface area contributed by atoms with Crippen LogP contribution in [-0.2, 0) is 16.1 Å². The van der Waals surface area contributed by atoms with Crippen molar-refractivity contribution in [1.82, 2.24) is 4.90 Å². The van der Waals surface area contributed by atoms with Gasteiger partial charge in [0.2, 0.25) is 0 Å². The number of hydrogen-bond donors (Lipinski definition) is 1. The smallest absolute Gasteiger partial charge is 0.379 e. The summed E-state index contributed by atoms with van der Waals surface area (Å²) < 4.78 is 42.2. The lowest BCUT2D eigenvalue weighted by molar-refractivity contribution is -0.167. The van der Waals surface area contributed by atoms with Gasteiger partial charge in [-0.25, -0.2) is 0 Å². The number of amides is 1. The first-order valence-corrected chi connectivity index (χ1v) is 6.71. The van der Waals surface area contributed by atoms with Crippen LogP contribution in [-0.4, -0.2) is 43.3 Å². The van der Waals surface area contributed by atoms with Crippen LogP contribution in [0.25, 0.3) is 0 Å². The number of ether oxygens (including phenoxy) is 1. The molecule has 116 valence electrons. The number of halogens is 4. The van der Waals surface area contributed by atoms with Crippen molar-refractivity contribution in [3.05, 3.63) is 28.8 Å². The molecule has 1 aromatic rings. The van der Waals surface area contributed by atoms with E-state index in [-0.39, 0.29) is 5.69 Å². The lowest BCUT2D eigenvalue weighted by atomic mass is 10.1. The second kappa shape index (κ2) is 6.64. The van der Waals surface area contributed by atoms with Crippen molar-refractivity contribution >= 4 is 23.2 Å². The van der Waals surface area contributed by atoms with Crippen LogP contribution in [0.15, 0.2) is 18.2 Å². The maximum Gasteiger partial charge on any atom is 0.471 e. The first kappa shape index (κ1) is 16.1. The zero-order chi connectivity index (χ0) is 15.5. The van der Waals surface area contributed by atoms with Crippen LogP contribution >= 0.6 is 11.6 Å². The Balaban J connectivity index is 2.15. The van der Waals surface area contributed by atoms with E-state index in [1.165, 1.54) is 12.1 Å². The van der Waals surface area contributed by atoms with Gasteiger partial charge in [-0.3, -0.25) is 9.69 Å². The minimum absolute atomic E-state index is 0.119. The van der Waals surface area contributed by atoms with Gasteiger partial charge in [-0.1, -0.05) is 11.6 Å². The monoisotopic (exact) mass is 322 g/mol. The topological polar surface area (TPSA) is 41.6 Å². The van der Waals surface area contributed by atoms with Crippen molar-refractivity contribution in [3.8, 4) is 0 Å². The van der Waals surface area contributed by atoms with Crippen LogP contribution in [0.4, 0.5) is 18.9 Å². The average molecular weight is 323 g/mol. The normalized spacial score (nSPS) is 16.8. The number of alkyl halides is 3. The predicted molar refractivity (Wildman–Crippen MR) is 72.2 cm³/mol. The highest BCUT2D eigenvalue weighted by atomic mass is 35.5. The van der Waals surface area contributed by atoms with Crippen molar-refractivity contribution in [2.24, 2.45) is 0 Å². The SMILES string of the molecule is O=C(Nc1ccc(Cl)cc1CN1CCOCC1)C(F)(F)F. The van der Waals surface area contributed by atoms with Gasteiger partial charge in [-0.2, -0.15) is 13.2 Å².